The van der Waals surface area contributed by atoms with Crippen molar-refractivity contribution in [2.45, 2.75) is 33.6 Å². The van der Waals surface area contributed by atoms with Gasteiger partial charge < -0.3 is 19.1 Å². The summed E-state index contributed by atoms with van der Waals surface area (Å²) in [6.07, 6.45) is 3.14. The standard InChI is InChI=1S/C8H14O2.C7H13NO2.C5H8O2/c1-4-5-6-10-8(9)7(2)3;1-4-7(9)10-6-5-8(2)3;1-4(2)5(6)7-3/h2,4-6H2,1,3H3;4H,1,5-6H2,2-3H3;1H2,2-3H3. The highest BCUT2D eigenvalue weighted by molar-refractivity contribution is 5.87. The number of rotatable bonds is 9. The van der Waals surface area contributed by atoms with Crippen molar-refractivity contribution in [3.05, 3.63) is 37.0 Å². The van der Waals surface area contributed by atoms with Crippen LogP contribution in [0.2, 0.25) is 0 Å². The van der Waals surface area contributed by atoms with Gasteiger partial charge in [0, 0.05) is 23.8 Å². The Bertz CT molecular complexity index is 483. The molecule has 7 nitrogen and oxygen atoms in total. The van der Waals surface area contributed by atoms with Crippen LogP contribution < -0.4 is 0 Å². The summed E-state index contributed by atoms with van der Waals surface area (Å²) in [7, 11) is 5.17. The Hall–Kier alpha value is -2.41. The quantitative estimate of drug-likeness (QED) is 0.261. The van der Waals surface area contributed by atoms with E-state index in [1.165, 1.54) is 7.11 Å². The Kier molecular flexibility index (Phi) is 21.6. The molecule has 0 N–H and O–H groups in total. The van der Waals surface area contributed by atoms with Crippen LogP contribution in [0.25, 0.3) is 0 Å². The predicted octanol–water partition coefficient (Wildman–Crippen LogP) is 2.92. The number of carbonyl (C=O) groups excluding carboxylic acids is 3. The molecule has 0 saturated heterocycles. The first-order valence-corrected chi connectivity index (χ1v) is 8.53. The van der Waals surface area contributed by atoms with Crippen molar-refractivity contribution in [3.8, 4) is 0 Å². The van der Waals surface area contributed by atoms with Crippen molar-refractivity contribution >= 4 is 17.9 Å². The number of ether oxygens (including phenoxy) is 3. The molecule has 0 unspecified atom stereocenters. The fourth-order valence-electron chi connectivity index (χ4n) is 0.994. The van der Waals surface area contributed by atoms with E-state index in [1.807, 2.05) is 19.0 Å². The summed E-state index contributed by atoms with van der Waals surface area (Å²) in [5.41, 5.74) is 0.901. The molecule has 0 aliphatic carbocycles. The third-order valence-electron chi connectivity index (χ3n) is 2.56. The molecule has 0 heterocycles. The average molecular weight is 386 g/mol. The van der Waals surface area contributed by atoms with Crippen LogP contribution in [0.5, 0.6) is 0 Å². The summed E-state index contributed by atoms with van der Waals surface area (Å²) >= 11 is 0. The molecule has 0 saturated carbocycles. The van der Waals surface area contributed by atoms with E-state index in [1.54, 1.807) is 13.8 Å². The Morgan fingerprint density at radius 3 is 1.78 bits per heavy atom. The maximum atomic E-state index is 10.7. The molecule has 0 aromatic rings. The van der Waals surface area contributed by atoms with Gasteiger partial charge in [0.1, 0.15) is 6.61 Å². The summed E-state index contributed by atoms with van der Waals surface area (Å²) in [6.45, 7) is 17.1. The van der Waals surface area contributed by atoms with E-state index in [0.29, 0.717) is 24.4 Å². The van der Waals surface area contributed by atoms with E-state index in [2.05, 4.69) is 31.4 Å². The summed E-state index contributed by atoms with van der Waals surface area (Å²) < 4.78 is 13.8. The molecular weight excluding hydrogens is 350 g/mol. The van der Waals surface area contributed by atoms with Gasteiger partial charge in [0.25, 0.3) is 0 Å². The summed E-state index contributed by atoms with van der Waals surface area (Å²) in [5, 5.41) is 0. The number of hydrogen-bond donors (Lipinski definition) is 0. The van der Waals surface area contributed by atoms with E-state index in [0.717, 1.165) is 25.5 Å². The predicted molar refractivity (Wildman–Crippen MR) is 107 cm³/mol. The lowest BCUT2D eigenvalue weighted by Gasteiger charge is -2.07. The molecule has 0 atom stereocenters. The van der Waals surface area contributed by atoms with Crippen LogP contribution in [0.4, 0.5) is 0 Å². The maximum absolute atomic E-state index is 10.7. The Morgan fingerprint density at radius 1 is 0.963 bits per heavy atom. The first-order valence-electron chi connectivity index (χ1n) is 8.53. The summed E-state index contributed by atoms with van der Waals surface area (Å²) in [6, 6.07) is 0. The van der Waals surface area contributed by atoms with Crippen LogP contribution in [0.1, 0.15) is 33.6 Å². The topological polar surface area (TPSA) is 82.1 Å². The van der Waals surface area contributed by atoms with Crippen molar-refractivity contribution in [2.75, 3.05) is 41.0 Å². The zero-order chi connectivity index (χ0) is 21.8. The molecule has 0 rings (SSSR count). The van der Waals surface area contributed by atoms with Crippen molar-refractivity contribution in [1.29, 1.82) is 0 Å². The molecule has 0 aliphatic rings. The van der Waals surface area contributed by atoms with Crippen LogP contribution in [0.15, 0.2) is 37.0 Å². The Balaban J connectivity index is -0.000000326. The third-order valence-corrected chi connectivity index (χ3v) is 2.56. The van der Waals surface area contributed by atoms with E-state index in [9.17, 15) is 14.4 Å². The van der Waals surface area contributed by atoms with Crippen LogP contribution in [0.3, 0.4) is 0 Å². The second kappa shape index (κ2) is 19.9. The highest BCUT2D eigenvalue weighted by Gasteiger charge is 2.00. The van der Waals surface area contributed by atoms with Crippen molar-refractivity contribution in [3.63, 3.8) is 0 Å². The number of esters is 3. The van der Waals surface area contributed by atoms with E-state index < -0.39 is 0 Å². The number of unbranched alkanes of at least 4 members (excludes halogenated alkanes) is 1. The van der Waals surface area contributed by atoms with Crippen LogP contribution in [-0.2, 0) is 28.6 Å². The SMILES string of the molecule is C=C(C)C(=O)OC.C=C(C)C(=O)OCCCC.C=CC(=O)OCCN(C)C. The van der Waals surface area contributed by atoms with Gasteiger partial charge in [-0.1, -0.05) is 33.1 Å². The molecule has 0 aromatic heterocycles. The second-order valence-corrected chi connectivity index (χ2v) is 5.72. The maximum Gasteiger partial charge on any atom is 0.333 e. The molecule has 0 amide bonds. The van der Waals surface area contributed by atoms with Gasteiger partial charge in [-0.25, -0.2) is 14.4 Å². The van der Waals surface area contributed by atoms with Gasteiger partial charge in [-0.15, -0.1) is 0 Å². The number of methoxy groups -OCH3 is 1. The van der Waals surface area contributed by atoms with Gasteiger partial charge in [0.15, 0.2) is 0 Å². The lowest BCUT2D eigenvalue weighted by atomic mass is 10.3. The molecule has 0 spiro atoms. The Labute approximate surface area is 163 Å². The van der Waals surface area contributed by atoms with Gasteiger partial charge in [-0.3, -0.25) is 0 Å². The minimum Gasteiger partial charge on any atom is -0.466 e. The van der Waals surface area contributed by atoms with Crippen LogP contribution in [-0.4, -0.2) is 63.8 Å². The number of nitrogens with zero attached hydrogens (tertiary/aromatic N) is 1. The van der Waals surface area contributed by atoms with Gasteiger partial charge in [0.2, 0.25) is 0 Å². The summed E-state index contributed by atoms with van der Waals surface area (Å²) in [4.78, 5) is 33.3. The lowest BCUT2D eigenvalue weighted by molar-refractivity contribution is -0.139. The smallest absolute Gasteiger partial charge is 0.333 e. The monoisotopic (exact) mass is 385 g/mol. The van der Waals surface area contributed by atoms with Crippen molar-refractivity contribution in [1.82, 2.24) is 4.90 Å². The van der Waals surface area contributed by atoms with E-state index >= 15 is 0 Å². The zero-order valence-electron chi connectivity index (χ0n) is 17.6. The number of likely N-dealkylation sites (N-methyl/N-ethyl adjacent to an activating group) is 1. The zero-order valence-corrected chi connectivity index (χ0v) is 17.6. The second-order valence-electron chi connectivity index (χ2n) is 5.72. The molecular formula is C20H35NO6. The first-order chi connectivity index (χ1) is 12.5. The molecule has 0 bridgehead atoms. The van der Waals surface area contributed by atoms with Crippen molar-refractivity contribution < 1.29 is 28.6 Å². The Morgan fingerprint density at radius 2 is 1.48 bits per heavy atom. The fourth-order valence-corrected chi connectivity index (χ4v) is 0.994. The fraction of sp³-hybridized carbons (Fsp3) is 0.550. The van der Waals surface area contributed by atoms with Gasteiger partial charge in [0.05, 0.1) is 13.7 Å². The molecule has 0 fully saturated rings. The molecule has 7 heteroatoms. The highest BCUT2D eigenvalue weighted by Crippen LogP contribution is 1.94. The number of hydrogen-bond acceptors (Lipinski definition) is 7. The van der Waals surface area contributed by atoms with Gasteiger partial charge in [-0.2, -0.15) is 0 Å². The molecule has 27 heavy (non-hydrogen) atoms. The van der Waals surface area contributed by atoms with E-state index in [-0.39, 0.29) is 17.9 Å². The van der Waals surface area contributed by atoms with Gasteiger partial charge in [-0.05, 0) is 34.4 Å². The minimum absolute atomic E-state index is 0.284. The van der Waals surface area contributed by atoms with E-state index in [4.69, 9.17) is 9.47 Å². The van der Waals surface area contributed by atoms with Crippen molar-refractivity contribution in [2.24, 2.45) is 0 Å². The van der Waals surface area contributed by atoms with Crippen LogP contribution in [0, 0.1) is 0 Å². The lowest BCUT2D eigenvalue weighted by Crippen LogP contribution is -2.19. The largest absolute Gasteiger partial charge is 0.466 e. The number of carbonyl (C=O) groups is 3. The summed E-state index contributed by atoms with van der Waals surface area (Å²) in [5.74, 6) is -0.990. The molecule has 0 radical (unpaired) electrons. The first kappa shape index (κ1) is 29.4. The van der Waals surface area contributed by atoms with Crippen LogP contribution >= 0.6 is 0 Å². The molecule has 0 aliphatic heterocycles. The average Bonchev–Trinajstić information content (AvgIpc) is 2.61. The third kappa shape index (κ3) is 25.9. The highest BCUT2D eigenvalue weighted by atomic mass is 16.5. The van der Waals surface area contributed by atoms with Gasteiger partial charge >= 0.3 is 17.9 Å². The minimum atomic E-state index is -0.359. The molecule has 0 aromatic carbocycles. The molecule has 156 valence electrons. The normalized spacial score (nSPS) is 8.85.